The monoisotopic (exact) mass is 386 g/mol. The summed E-state index contributed by atoms with van der Waals surface area (Å²) in [6, 6.07) is 7.44. The van der Waals surface area contributed by atoms with Crippen molar-refractivity contribution >= 4 is 17.5 Å². The molecule has 1 N–H and O–H groups in total. The summed E-state index contributed by atoms with van der Waals surface area (Å²) in [5, 5.41) is 11.8. The number of halogens is 1. The van der Waals surface area contributed by atoms with Gasteiger partial charge in [0, 0.05) is 24.0 Å². The van der Waals surface area contributed by atoms with Gasteiger partial charge in [-0.15, -0.1) is 5.10 Å². The third-order valence-corrected chi connectivity index (χ3v) is 4.73. The van der Waals surface area contributed by atoms with Crippen LogP contribution in [0, 0.1) is 5.41 Å². The van der Waals surface area contributed by atoms with Crippen LogP contribution in [0.3, 0.4) is 0 Å². The van der Waals surface area contributed by atoms with Crippen molar-refractivity contribution in [2.24, 2.45) is 5.41 Å². The number of nitrogens with zero attached hydrogens (tertiary/aromatic N) is 5. The van der Waals surface area contributed by atoms with E-state index in [-0.39, 0.29) is 23.1 Å². The maximum Gasteiger partial charge on any atom is 0.273 e. The Morgan fingerprint density at radius 3 is 2.74 bits per heavy atom. The Morgan fingerprint density at radius 1 is 1.30 bits per heavy atom. The molecule has 2 heterocycles. The van der Waals surface area contributed by atoms with Crippen molar-refractivity contribution in [2.45, 2.75) is 39.9 Å². The molecule has 0 bridgehead atoms. The zero-order valence-electron chi connectivity index (χ0n) is 15.6. The van der Waals surface area contributed by atoms with Crippen LogP contribution in [0.2, 0.25) is 5.02 Å². The van der Waals surface area contributed by atoms with Crippen molar-refractivity contribution in [3.63, 3.8) is 0 Å². The molecule has 7 nitrogen and oxygen atoms in total. The number of rotatable bonds is 6. The van der Waals surface area contributed by atoms with Gasteiger partial charge in [0.2, 0.25) is 0 Å². The molecule has 3 aromatic rings. The Kier molecular flexibility index (Phi) is 5.60. The van der Waals surface area contributed by atoms with E-state index in [2.05, 4.69) is 41.4 Å². The molecule has 0 saturated carbocycles. The van der Waals surface area contributed by atoms with Crippen LogP contribution in [0.25, 0.3) is 0 Å². The van der Waals surface area contributed by atoms with Gasteiger partial charge in [-0.1, -0.05) is 55.8 Å². The van der Waals surface area contributed by atoms with Crippen LogP contribution in [0.4, 0.5) is 0 Å². The van der Waals surface area contributed by atoms with E-state index < -0.39 is 0 Å². The minimum Gasteiger partial charge on any atom is -0.346 e. The first-order valence-electron chi connectivity index (χ1n) is 8.73. The number of imidazole rings is 1. The SMILES string of the molecule is CC(C)(C)C(Cn1ccnc1)NC(=O)c1cn(Cc2ccccc2Cl)nn1. The van der Waals surface area contributed by atoms with E-state index in [0.717, 1.165) is 5.56 Å². The van der Waals surface area contributed by atoms with Crippen LogP contribution in [0.15, 0.2) is 49.2 Å². The van der Waals surface area contributed by atoms with Crippen molar-refractivity contribution < 1.29 is 4.79 Å². The molecule has 3 rings (SSSR count). The molecule has 0 aliphatic carbocycles. The number of aromatic nitrogens is 5. The molecule has 1 aromatic carbocycles. The van der Waals surface area contributed by atoms with Crippen LogP contribution in [-0.2, 0) is 13.1 Å². The Hall–Kier alpha value is -2.67. The number of hydrogen-bond donors (Lipinski definition) is 1. The van der Waals surface area contributed by atoms with Crippen molar-refractivity contribution in [1.82, 2.24) is 29.9 Å². The van der Waals surface area contributed by atoms with Crippen molar-refractivity contribution in [1.29, 1.82) is 0 Å². The summed E-state index contributed by atoms with van der Waals surface area (Å²) in [6.45, 7) is 7.34. The summed E-state index contributed by atoms with van der Waals surface area (Å²) in [6.07, 6.45) is 6.98. The normalized spacial score (nSPS) is 12.7. The number of amides is 1. The van der Waals surface area contributed by atoms with Gasteiger partial charge >= 0.3 is 0 Å². The summed E-state index contributed by atoms with van der Waals surface area (Å²) in [5.41, 5.74) is 1.07. The average Bonchev–Trinajstić information content (AvgIpc) is 3.27. The minimum atomic E-state index is -0.250. The molecular weight excluding hydrogens is 364 g/mol. The highest BCUT2D eigenvalue weighted by atomic mass is 35.5. The predicted molar refractivity (Wildman–Crippen MR) is 104 cm³/mol. The highest BCUT2D eigenvalue weighted by Crippen LogP contribution is 2.21. The van der Waals surface area contributed by atoms with Crippen molar-refractivity contribution in [3.05, 3.63) is 65.5 Å². The molecule has 1 atom stereocenters. The molecule has 0 spiro atoms. The third-order valence-electron chi connectivity index (χ3n) is 4.36. The van der Waals surface area contributed by atoms with Gasteiger partial charge < -0.3 is 9.88 Å². The van der Waals surface area contributed by atoms with E-state index in [4.69, 9.17) is 11.6 Å². The smallest absolute Gasteiger partial charge is 0.273 e. The number of carbonyl (C=O) groups excluding carboxylic acids is 1. The highest BCUT2D eigenvalue weighted by Gasteiger charge is 2.27. The van der Waals surface area contributed by atoms with Crippen LogP contribution in [0.1, 0.15) is 36.8 Å². The van der Waals surface area contributed by atoms with Crippen LogP contribution >= 0.6 is 11.6 Å². The topological polar surface area (TPSA) is 77.6 Å². The maximum atomic E-state index is 12.7. The van der Waals surface area contributed by atoms with E-state index in [0.29, 0.717) is 18.1 Å². The zero-order chi connectivity index (χ0) is 19.4. The molecule has 0 saturated heterocycles. The Bertz CT molecular complexity index is 897. The highest BCUT2D eigenvalue weighted by molar-refractivity contribution is 6.31. The lowest BCUT2D eigenvalue weighted by Gasteiger charge is -2.31. The lowest BCUT2D eigenvalue weighted by Crippen LogP contribution is -2.46. The van der Waals surface area contributed by atoms with Gasteiger partial charge in [0.25, 0.3) is 5.91 Å². The van der Waals surface area contributed by atoms with E-state index in [9.17, 15) is 4.79 Å². The summed E-state index contributed by atoms with van der Waals surface area (Å²) in [5.74, 6) is -0.250. The Balaban J connectivity index is 1.69. The molecule has 27 heavy (non-hydrogen) atoms. The van der Waals surface area contributed by atoms with Crippen LogP contribution in [-0.4, -0.2) is 36.5 Å². The quantitative estimate of drug-likeness (QED) is 0.706. The van der Waals surface area contributed by atoms with E-state index in [1.165, 1.54) is 0 Å². The summed E-state index contributed by atoms with van der Waals surface area (Å²) < 4.78 is 3.56. The first-order chi connectivity index (χ1) is 12.8. The van der Waals surface area contributed by atoms with Gasteiger partial charge in [-0.3, -0.25) is 4.79 Å². The summed E-state index contributed by atoms with van der Waals surface area (Å²) >= 11 is 6.18. The van der Waals surface area contributed by atoms with Gasteiger partial charge in [-0.2, -0.15) is 0 Å². The molecule has 0 radical (unpaired) electrons. The number of benzene rings is 1. The molecule has 142 valence electrons. The average molecular weight is 387 g/mol. The van der Waals surface area contributed by atoms with Gasteiger partial charge in [0.05, 0.1) is 25.1 Å². The second-order valence-corrected chi connectivity index (χ2v) is 7.95. The maximum absolute atomic E-state index is 12.7. The predicted octanol–water partition coefficient (Wildman–Crippen LogP) is 3.02. The van der Waals surface area contributed by atoms with Crippen molar-refractivity contribution in [2.75, 3.05) is 0 Å². The summed E-state index contributed by atoms with van der Waals surface area (Å²) in [7, 11) is 0. The summed E-state index contributed by atoms with van der Waals surface area (Å²) in [4.78, 5) is 16.7. The first kappa shape index (κ1) is 19.1. The Labute approximate surface area is 163 Å². The van der Waals surface area contributed by atoms with Gasteiger partial charge in [0.1, 0.15) is 0 Å². The molecule has 2 aromatic heterocycles. The number of nitrogens with one attached hydrogen (secondary N) is 1. The molecule has 0 fully saturated rings. The third kappa shape index (κ3) is 4.95. The molecule has 1 unspecified atom stereocenters. The molecule has 8 heteroatoms. The number of carbonyl (C=O) groups is 1. The van der Waals surface area contributed by atoms with Gasteiger partial charge in [-0.25, -0.2) is 9.67 Å². The molecule has 1 amide bonds. The van der Waals surface area contributed by atoms with E-state index in [1.54, 1.807) is 23.4 Å². The standard InChI is InChI=1S/C19H23ClN6O/c1-19(2,3)17(12-25-9-8-21-13-25)22-18(27)16-11-26(24-23-16)10-14-6-4-5-7-15(14)20/h4-9,11,13,17H,10,12H2,1-3H3,(H,22,27). The lowest BCUT2D eigenvalue weighted by molar-refractivity contribution is 0.0887. The van der Waals surface area contributed by atoms with Crippen LogP contribution < -0.4 is 5.32 Å². The molecular formula is C19H23ClN6O. The van der Waals surface area contributed by atoms with Crippen LogP contribution in [0.5, 0.6) is 0 Å². The fourth-order valence-corrected chi connectivity index (χ4v) is 2.85. The Morgan fingerprint density at radius 2 is 2.07 bits per heavy atom. The fraction of sp³-hybridized carbons (Fsp3) is 0.368. The lowest BCUT2D eigenvalue weighted by atomic mass is 9.86. The zero-order valence-corrected chi connectivity index (χ0v) is 16.4. The van der Waals surface area contributed by atoms with E-state index in [1.807, 2.05) is 35.0 Å². The first-order valence-corrected chi connectivity index (χ1v) is 9.11. The molecule has 0 aliphatic rings. The minimum absolute atomic E-state index is 0.0899. The number of hydrogen-bond acceptors (Lipinski definition) is 4. The van der Waals surface area contributed by atoms with E-state index >= 15 is 0 Å². The van der Waals surface area contributed by atoms with Crippen molar-refractivity contribution in [3.8, 4) is 0 Å². The van der Waals surface area contributed by atoms with Gasteiger partial charge in [-0.05, 0) is 17.0 Å². The molecule has 0 aliphatic heterocycles. The van der Waals surface area contributed by atoms with Gasteiger partial charge in [0.15, 0.2) is 5.69 Å². The second kappa shape index (κ2) is 7.92. The second-order valence-electron chi connectivity index (χ2n) is 7.54. The largest absolute Gasteiger partial charge is 0.346 e. The fourth-order valence-electron chi connectivity index (χ4n) is 2.65.